The Kier molecular flexibility index (Phi) is 21.8. The normalized spacial score (nSPS) is 12.0. The van der Waals surface area contributed by atoms with Gasteiger partial charge in [-0.05, 0) is 32.6 Å². The van der Waals surface area contributed by atoms with E-state index in [1.807, 2.05) is 6.92 Å². The second-order valence-corrected chi connectivity index (χ2v) is 8.76. The fourth-order valence-corrected chi connectivity index (χ4v) is 3.60. The predicted molar refractivity (Wildman–Crippen MR) is 126 cm³/mol. The fourth-order valence-electron chi connectivity index (χ4n) is 3.60. The molecule has 1 unspecified atom stereocenters. The van der Waals surface area contributed by atoms with E-state index in [0.717, 1.165) is 25.7 Å². The van der Waals surface area contributed by atoms with E-state index in [9.17, 15) is 9.59 Å². The molecule has 0 aromatic rings. The first-order valence-corrected chi connectivity index (χ1v) is 12.9. The average molecular weight is 427 g/mol. The molecular weight excluding hydrogens is 376 g/mol. The van der Waals surface area contributed by atoms with Gasteiger partial charge >= 0.3 is 11.9 Å². The van der Waals surface area contributed by atoms with Crippen LogP contribution in [-0.4, -0.2) is 24.6 Å². The van der Waals surface area contributed by atoms with Crippen molar-refractivity contribution in [3.8, 4) is 0 Å². The Hall–Kier alpha value is -1.06. The lowest BCUT2D eigenvalue weighted by atomic mass is 10.1. The summed E-state index contributed by atoms with van der Waals surface area (Å²) in [4.78, 5) is 23.6. The first-order valence-electron chi connectivity index (χ1n) is 12.9. The van der Waals surface area contributed by atoms with Gasteiger partial charge in [-0.25, -0.2) is 0 Å². The highest BCUT2D eigenvalue weighted by atomic mass is 16.5. The zero-order valence-corrected chi connectivity index (χ0v) is 20.4. The highest BCUT2D eigenvalue weighted by Gasteiger charge is 2.11. The maximum atomic E-state index is 11.9. The van der Waals surface area contributed by atoms with Crippen molar-refractivity contribution < 1.29 is 19.1 Å². The number of hydrogen-bond donors (Lipinski definition) is 0. The van der Waals surface area contributed by atoms with Crippen LogP contribution in [0.15, 0.2) is 0 Å². The molecule has 178 valence electrons. The zero-order valence-electron chi connectivity index (χ0n) is 20.4. The molecule has 0 aliphatic carbocycles. The van der Waals surface area contributed by atoms with Crippen LogP contribution in [0.4, 0.5) is 0 Å². The van der Waals surface area contributed by atoms with Crippen molar-refractivity contribution in [2.45, 2.75) is 149 Å². The van der Waals surface area contributed by atoms with Crippen molar-refractivity contribution in [1.29, 1.82) is 0 Å². The summed E-state index contributed by atoms with van der Waals surface area (Å²) in [5.41, 5.74) is 0. The number of rotatable bonds is 22. The fraction of sp³-hybridized carbons (Fsp3) is 0.923. The van der Waals surface area contributed by atoms with Gasteiger partial charge in [0.15, 0.2) is 0 Å². The Morgan fingerprint density at radius 2 is 1.07 bits per heavy atom. The lowest BCUT2D eigenvalue weighted by Gasteiger charge is -2.13. The molecule has 0 aliphatic heterocycles. The molecule has 4 nitrogen and oxygen atoms in total. The molecule has 0 aromatic heterocycles. The Morgan fingerprint density at radius 1 is 0.600 bits per heavy atom. The van der Waals surface area contributed by atoms with Crippen LogP contribution in [0.5, 0.6) is 0 Å². The minimum absolute atomic E-state index is 0.0257. The van der Waals surface area contributed by atoms with Gasteiger partial charge in [0.25, 0.3) is 0 Å². The van der Waals surface area contributed by atoms with Crippen LogP contribution in [0.1, 0.15) is 143 Å². The number of hydrogen-bond acceptors (Lipinski definition) is 4. The molecule has 0 bridgehead atoms. The second-order valence-electron chi connectivity index (χ2n) is 8.76. The summed E-state index contributed by atoms with van der Waals surface area (Å²) in [7, 11) is 0. The molecule has 0 N–H and O–H groups in total. The Labute approximate surface area is 186 Å². The SMILES string of the molecule is CCCCCCCCCCCOC(=O)CCCC(=O)OC(C)CCCCCCCC. The van der Waals surface area contributed by atoms with Crippen LogP contribution in [0, 0.1) is 0 Å². The minimum Gasteiger partial charge on any atom is -0.466 e. The first kappa shape index (κ1) is 28.9. The van der Waals surface area contributed by atoms with E-state index in [1.165, 1.54) is 77.0 Å². The Morgan fingerprint density at radius 3 is 1.63 bits per heavy atom. The summed E-state index contributed by atoms with van der Waals surface area (Å²) in [6.07, 6.45) is 20.8. The van der Waals surface area contributed by atoms with Crippen molar-refractivity contribution in [2.75, 3.05) is 6.61 Å². The monoisotopic (exact) mass is 426 g/mol. The zero-order chi connectivity index (χ0) is 22.3. The molecule has 0 fully saturated rings. The molecule has 0 saturated carbocycles. The maximum Gasteiger partial charge on any atom is 0.306 e. The Balaban J connectivity index is 3.44. The lowest BCUT2D eigenvalue weighted by molar-refractivity contribution is -0.149. The maximum absolute atomic E-state index is 11.9. The van der Waals surface area contributed by atoms with E-state index in [2.05, 4.69) is 13.8 Å². The van der Waals surface area contributed by atoms with E-state index in [0.29, 0.717) is 25.9 Å². The standard InChI is InChI=1S/C26H50O4/c1-4-6-8-10-12-13-14-16-18-23-29-25(27)21-19-22-26(28)30-24(3)20-17-15-11-9-7-5-2/h24H,4-23H2,1-3H3. The van der Waals surface area contributed by atoms with Gasteiger partial charge in [0.05, 0.1) is 12.7 Å². The molecular formula is C26H50O4. The van der Waals surface area contributed by atoms with Crippen LogP contribution in [-0.2, 0) is 19.1 Å². The summed E-state index contributed by atoms with van der Waals surface area (Å²) >= 11 is 0. The van der Waals surface area contributed by atoms with Gasteiger partial charge in [0.2, 0.25) is 0 Å². The number of carbonyl (C=O) groups excluding carboxylic acids is 2. The van der Waals surface area contributed by atoms with Crippen LogP contribution in [0.25, 0.3) is 0 Å². The molecule has 0 spiro atoms. The summed E-state index contributed by atoms with van der Waals surface area (Å²) in [6.45, 7) is 6.93. The molecule has 0 saturated heterocycles. The van der Waals surface area contributed by atoms with Gasteiger partial charge in [0, 0.05) is 12.8 Å². The number of esters is 2. The van der Waals surface area contributed by atoms with Crippen LogP contribution in [0.2, 0.25) is 0 Å². The van der Waals surface area contributed by atoms with Gasteiger partial charge in [-0.2, -0.15) is 0 Å². The molecule has 0 amide bonds. The van der Waals surface area contributed by atoms with E-state index in [-0.39, 0.29) is 18.0 Å². The van der Waals surface area contributed by atoms with Crippen LogP contribution >= 0.6 is 0 Å². The van der Waals surface area contributed by atoms with Crippen molar-refractivity contribution in [3.63, 3.8) is 0 Å². The van der Waals surface area contributed by atoms with Gasteiger partial charge < -0.3 is 9.47 Å². The quantitative estimate of drug-likeness (QED) is 0.130. The number of ether oxygens (including phenoxy) is 2. The molecule has 0 heterocycles. The third kappa shape index (κ3) is 21.6. The highest BCUT2D eigenvalue weighted by Crippen LogP contribution is 2.12. The third-order valence-electron chi connectivity index (χ3n) is 5.57. The summed E-state index contributed by atoms with van der Waals surface area (Å²) in [5.74, 6) is -0.386. The lowest BCUT2D eigenvalue weighted by Crippen LogP contribution is -2.15. The third-order valence-corrected chi connectivity index (χ3v) is 5.57. The minimum atomic E-state index is -0.194. The molecule has 0 rings (SSSR count). The topological polar surface area (TPSA) is 52.6 Å². The van der Waals surface area contributed by atoms with E-state index in [4.69, 9.17) is 9.47 Å². The van der Waals surface area contributed by atoms with Crippen LogP contribution < -0.4 is 0 Å². The second kappa shape index (κ2) is 22.6. The van der Waals surface area contributed by atoms with E-state index in [1.54, 1.807) is 0 Å². The van der Waals surface area contributed by atoms with Crippen molar-refractivity contribution in [1.82, 2.24) is 0 Å². The van der Waals surface area contributed by atoms with Crippen molar-refractivity contribution >= 4 is 11.9 Å². The number of unbranched alkanes of at least 4 members (excludes halogenated alkanes) is 13. The highest BCUT2D eigenvalue weighted by molar-refractivity contribution is 5.72. The van der Waals surface area contributed by atoms with Crippen LogP contribution in [0.3, 0.4) is 0 Å². The summed E-state index contributed by atoms with van der Waals surface area (Å²) in [6, 6.07) is 0. The molecule has 0 aromatic carbocycles. The molecule has 0 aliphatic rings. The summed E-state index contributed by atoms with van der Waals surface area (Å²) < 4.78 is 10.7. The molecule has 1 atom stereocenters. The van der Waals surface area contributed by atoms with Gasteiger partial charge in [-0.15, -0.1) is 0 Å². The van der Waals surface area contributed by atoms with E-state index >= 15 is 0 Å². The molecule has 30 heavy (non-hydrogen) atoms. The largest absolute Gasteiger partial charge is 0.466 e. The smallest absolute Gasteiger partial charge is 0.306 e. The number of carbonyl (C=O) groups is 2. The summed E-state index contributed by atoms with van der Waals surface area (Å²) in [5, 5.41) is 0. The van der Waals surface area contributed by atoms with Gasteiger partial charge in [0.1, 0.15) is 0 Å². The van der Waals surface area contributed by atoms with Gasteiger partial charge in [-0.3, -0.25) is 9.59 Å². The van der Waals surface area contributed by atoms with Gasteiger partial charge in [-0.1, -0.05) is 97.3 Å². The first-order chi connectivity index (χ1) is 14.6. The average Bonchev–Trinajstić information content (AvgIpc) is 2.72. The van der Waals surface area contributed by atoms with Crippen molar-refractivity contribution in [2.24, 2.45) is 0 Å². The molecule has 0 radical (unpaired) electrons. The van der Waals surface area contributed by atoms with E-state index < -0.39 is 0 Å². The molecule has 4 heteroatoms. The predicted octanol–water partition coefficient (Wildman–Crippen LogP) is 7.91. The Bertz CT molecular complexity index is 394. The van der Waals surface area contributed by atoms with Crippen molar-refractivity contribution in [3.05, 3.63) is 0 Å².